The number of aryl methyl sites for hydroxylation is 1. The summed E-state index contributed by atoms with van der Waals surface area (Å²) >= 11 is 1.50. The number of rotatable bonds is 12. The van der Waals surface area contributed by atoms with E-state index in [9.17, 15) is 13.2 Å². The summed E-state index contributed by atoms with van der Waals surface area (Å²) in [7, 11) is -1.99. The van der Waals surface area contributed by atoms with Crippen LogP contribution in [0.4, 0.5) is 5.13 Å². The molecular formula is C26H36N4O3S2. The highest BCUT2D eigenvalue weighted by Gasteiger charge is 2.24. The van der Waals surface area contributed by atoms with Crippen LogP contribution < -0.4 is 4.90 Å². The van der Waals surface area contributed by atoms with Crippen molar-refractivity contribution >= 4 is 42.6 Å². The van der Waals surface area contributed by atoms with E-state index in [0.29, 0.717) is 23.8 Å². The highest BCUT2D eigenvalue weighted by molar-refractivity contribution is 7.89. The number of nitrogens with zero attached hydrogens (tertiary/aromatic N) is 4. The van der Waals surface area contributed by atoms with Crippen LogP contribution in [0.5, 0.6) is 0 Å². The molecule has 7 nitrogen and oxygen atoms in total. The molecule has 0 fully saturated rings. The fraction of sp³-hybridized carbons (Fsp3) is 0.462. The predicted molar refractivity (Wildman–Crippen MR) is 145 cm³/mol. The van der Waals surface area contributed by atoms with Crippen LogP contribution in [-0.2, 0) is 10.0 Å². The Bertz CT molecular complexity index is 1240. The molecule has 0 unspecified atom stereocenters. The molecule has 0 aliphatic carbocycles. The number of fused-ring (bicyclic) bond motifs is 1. The molecule has 0 saturated carbocycles. The van der Waals surface area contributed by atoms with Crippen molar-refractivity contribution in [1.29, 1.82) is 0 Å². The molecule has 0 aliphatic rings. The number of aromatic nitrogens is 1. The second-order valence-corrected chi connectivity index (χ2v) is 11.7. The molecule has 0 bridgehead atoms. The molecule has 2 aromatic carbocycles. The van der Waals surface area contributed by atoms with Crippen molar-refractivity contribution in [1.82, 2.24) is 14.2 Å². The Morgan fingerprint density at radius 3 is 2.29 bits per heavy atom. The fourth-order valence-electron chi connectivity index (χ4n) is 3.81. The first-order chi connectivity index (χ1) is 16.7. The lowest BCUT2D eigenvalue weighted by Gasteiger charge is -2.25. The number of thiazole rings is 1. The van der Waals surface area contributed by atoms with Crippen LogP contribution >= 0.6 is 11.3 Å². The Morgan fingerprint density at radius 2 is 1.66 bits per heavy atom. The minimum Gasteiger partial charge on any atom is -0.302 e. The number of hydrogen-bond acceptors (Lipinski definition) is 6. The van der Waals surface area contributed by atoms with E-state index in [4.69, 9.17) is 4.98 Å². The van der Waals surface area contributed by atoms with E-state index in [1.165, 1.54) is 27.8 Å². The molecule has 9 heteroatoms. The van der Waals surface area contributed by atoms with Crippen LogP contribution in [0.15, 0.2) is 47.4 Å². The number of hydrogen-bond donors (Lipinski definition) is 0. The first-order valence-electron chi connectivity index (χ1n) is 12.2. The van der Waals surface area contributed by atoms with E-state index in [0.717, 1.165) is 48.3 Å². The second-order valence-electron chi connectivity index (χ2n) is 8.66. The maximum Gasteiger partial charge on any atom is 0.260 e. The molecule has 0 atom stereocenters. The zero-order chi connectivity index (χ0) is 25.6. The topological polar surface area (TPSA) is 73.8 Å². The summed E-state index contributed by atoms with van der Waals surface area (Å²) in [6.07, 6.45) is 1.72. The van der Waals surface area contributed by atoms with E-state index in [-0.39, 0.29) is 10.8 Å². The highest BCUT2D eigenvalue weighted by atomic mass is 32.2. The number of benzene rings is 2. The van der Waals surface area contributed by atoms with Crippen LogP contribution in [0, 0.1) is 6.92 Å². The minimum absolute atomic E-state index is 0.184. The minimum atomic E-state index is -3.58. The first-order valence-corrected chi connectivity index (χ1v) is 14.4. The smallest absolute Gasteiger partial charge is 0.260 e. The number of unbranched alkanes of at least 4 members (excludes halogenated alkanes) is 1. The average molecular weight is 517 g/mol. The van der Waals surface area contributed by atoms with Gasteiger partial charge < -0.3 is 4.90 Å². The monoisotopic (exact) mass is 516 g/mol. The molecule has 3 rings (SSSR count). The SMILES string of the molecule is CCCCN(C)S(=O)(=O)c1ccc(C(=O)N(CCN(CC)CC)c2nc3ccc(C)cc3s2)cc1. The van der Waals surface area contributed by atoms with Gasteiger partial charge in [0, 0.05) is 32.2 Å². The maximum atomic E-state index is 13.6. The lowest BCUT2D eigenvalue weighted by molar-refractivity contribution is 0.0983. The van der Waals surface area contributed by atoms with Crippen molar-refractivity contribution in [2.75, 3.05) is 44.7 Å². The Hall–Kier alpha value is -2.33. The van der Waals surface area contributed by atoms with E-state index in [1.807, 2.05) is 26.0 Å². The van der Waals surface area contributed by atoms with Gasteiger partial charge in [0.2, 0.25) is 10.0 Å². The van der Waals surface area contributed by atoms with Crippen LogP contribution in [-0.4, -0.2) is 68.3 Å². The van der Waals surface area contributed by atoms with E-state index in [1.54, 1.807) is 24.1 Å². The predicted octanol–water partition coefficient (Wildman–Crippen LogP) is 5.01. The number of likely N-dealkylation sites (N-methyl/N-ethyl adjacent to an activating group) is 1. The maximum absolute atomic E-state index is 13.6. The summed E-state index contributed by atoms with van der Waals surface area (Å²) in [5.41, 5.74) is 2.46. The van der Waals surface area contributed by atoms with Gasteiger partial charge in [-0.2, -0.15) is 0 Å². The zero-order valence-electron chi connectivity index (χ0n) is 21.3. The lowest BCUT2D eigenvalue weighted by atomic mass is 10.2. The van der Waals surface area contributed by atoms with Crippen molar-refractivity contribution in [3.05, 3.63) is 53.6 Å². The number of carbonyl (C=O) groups excluding carboxylic acids is 1. The van der Waals surface area contributed by atoms with Gasteiger partial charge in [0.1, 0.15) is 0 Å². The van der Waals surface area contributed by atoms with Gasteiger partial charge in [-0.15, -0.1) is 0 Å². The summed E-state index contributed by atoms with van der Waals surface area (Å²) in [5, 5.41) is 0.652. The van der Waals surface area contributed by atoms with Crippen LogP contribution in [0.25, 0.3) is 10.2 Å². The highest BCUT2D eigenvalue weighted by Crippen LogP contribution is 2.30. The summed E-state index contributed by atoms with van der Waals surface area (Å²) in [6, 6.07) is 12.3. The van der Waals surface area contributed by atoms with Gasteiger partial charge in [-0.1, -0.05) is 44.6 Å². The molecule has 3 aromatic rings. The summed E-state index contributed by atoms with van der Waals surface area (Å²) in [4.78, 5) is 22.5. The fourth-order valence-corrected chi connectivity index (χ4v) is 6.10. The zero-order valence-corrected chi connectivity index (χ0v) is 23.0. The van der Waals surface area contributed by atoms with Gasteiger partial charge >= 0.3 is 0 Å². The molecule has 35 heavy (non-hydrogen) atoms. The number of amides is 1. The van der Waals surface area contributed by atoms with Gasteiger partial charge in [0.15, 0.2) is 5.13 Å². The standard InChI is InChI=1S/C26H36N4O3S2/c1-6-9-16-28(5)35(32,33)22-13-11-21(12-14-22)25(31)30(18-17-29(7-2)8-3)26-27-23-15-10-20(4)19-24(23)34-26/h10-15,19H,6-9,16-18H2,1-5H3. The van der Waals surface area contributed by atoms with E-state index >= 15 is 0 Å². The van der Waals surface area contributed by atoms with Gasteiger partial charge in [-0.25, -0.2) is 17.7 Å². The van der Waals surface area contributed by atoms with Gasteiger partial charge in [0.25, 0.3) is 5.91 Å². The molecule has 1 amide bonds. The molecular weight excluding hydrogens is 480 g/mol. The normalized spacial score (nSPS) is 12.1. The van der Waals surface area contributed by atoms with Crippen molar-refractivity contribution in [2.45, 2.75) is 45.4 Å². The van der Waals surface area contributed by atoms with Gasteiger partial charge in [-0.3, -0.25) is 9.69 Å². The van der Waals surface area contributed by atoms with Crippen molar-refractivity contribution in [3.63, 3.8) is 0 Å². The molecule has 1 aromatic heterocycles. The van der Waals surface area contributed by atoms with Crippen LogP contribution in [0.3, 0.4) is 0 Å². The third kappa shape index (κ3) is 6.46. The van der Waals surface area contributed by atoms with Gasteiger partial charge in [-0.05, 0) is 68.4 Å². The summed E-state index contributed by atoms with van der Waals surface area (Å²) in [6.45, 7) is 11.8. The molecule has 0 radical (unpaired) electrons. The molecule has 0 aliphatic heterocycles. The largest absolute Gasteiger partial charge is 0.302 e. The van der Waals surface area contributed by atoms with Crippen molar-refractivity contribution in [3.8, 4) is 0 Å². The molecule has 0 N–H and O–H groups in total. The molecule has 1 heterocycles. The molecule has 0 saturated heterocycles. The average Bonchev–Trinajstić information content (AvgIpc) is 3.27. The third-order valence-electron chi connectivity index (χ3n) is 6.18. The van der Waals surface area contributed by atoms with E-state index < -0.39 is 10.0 Å². The van der Waals surface area contributed by atoms with Crippen LogP contribution in [0.1, 0.15) is 49.5 Å². The Balaban J connectivity index is 1.90. The first kappa shape index (κ1) is 27.3. The number of anilines is 1. The summed E-state index contributed by atoms with van der Waals surface area (Å²) in [5.74, 6) is -0.184. The van der Waals surface area contributed by atoms with Crippen molar-refractivity contribution < 1.29 is 13.2 Å². The second kappa shape index (κ2) is 12.1. The van der Waals surface area contributed by atoms with E-state index in [2.05, 4.69) is 24.8 Å². The van der Waals surface area contributed by atoms with Crippen molar-refractivity contribution in [2.24, 2.45) is 0 Å². The Morgan fingerprint density at radius 1 is 0.971 bits per heavy atom. The lowest BCUT2D eigenvalue weighted by Crippen LogP contribution is -2.38. The molecule has 0 spiro atoms. The Labute approximate surface area is 213 Å². The summed E-state index contributed by atoms with van der Waals surface area (Å²) < 4.78 is 28.1. The van der Waals surface area contributed by atoms with Gasteiger partial charge in [0.05, 0.1) is 15.1 Å². The third-order valence-corrected chi connectivity index (χ3v) is 9.09. The van der Waals surface area contributed by atoms with Crippen LogP contribution in [0.2, 0.25) is 0 Å². The molecule has 190 valence electrons. The quantitative estimate of drug-likeness (QED) is 0.338. The Kier molecular flexibility index (Phi) is 9.40. The number of sulfonamides is 1. The number of carbonyl (C=O) groups is 1.